The molecule has 1 aliphatic carbocycles. The molecule has 5 aromatic rings. The van der Waals surface area contributed by atoms with Crippen LogP contribution in [0.4, 0.5) is 0 Å². The van der Waals surface area contributed by atoms with Crippen molar-refractivity contribution >= 4 is 38.4 Å². The fourth-order valence-corrected chi connectivity index (χ4v) is 8.47. The molecule has 0 spiro atoms. The van der Waals surface area contributed by atoms with Gasteiger partial charge in [-0.3, -0.25) is 14.6 Å². The van der Waals surface area contributed by atoms with Crippen molar-refractivity contribution in [2.75, 3.05) is 26.3 Å². The molecule has 0 amide bonds. The number of pyridine rings is 1. The van der Waals surface area contributed by atoms with E-state index in [4.69, 9.17) is 26.2 Å². The van der Waals surface area contributed by atoms with Crippen LogP contribution < -0.4 is 14.8 Å². The van der Waals surface area contributed by atoms with Crippen molar-refractivity contribution < 1.29 is 24.8 Å². The summed E-state index contributed by atoms with van der Waals surface area (Å²) in [5.74, 6) is 0.917. The minimum Gasteiger partial charge on any atom is -0.488 e. The second-order valence-electron chi connectivity index (χ2n) is 14.9. The Balaban J connectivity index is 1.09. The van der Waals surface area contributed by atoms with E-state index in [1.165, 1.54) is 6.20 Å². The fraction of sp³-hybridized carbons (Fsp3) is 0.405. The van der Waals surface area contributed by atoms with Gasteiger partial charge < -0.3 is 30.1 Å². The van der Waals surface area contributed by atoms with E-state index in [-0.39, 0.29) is 39.1 Å². The molecule has 2 fully saturated rings. The molecule has 2 aromatic heterocycles. The molecule has 1 saturated heterocycles. The van der Waals surface area contributed by atoms with E-state index in [0.717, 1.165) is 82.8 Å². The summed E-state index contributed by atoms with van der Waals surface area (Å²) in [6.45, 7) is 3.60. The Morgan fingerprint density at radius 2 is 1.67 bits per heavy atom. The molecule has 11 nitrogen and oxygen atoms in total. The second kappa shape index (κ2) is 17.4. The van der Waals surface area contributed by atoms with Crippen LogP contribution in [0.15, 0.2) is 77.7 Å². The highest BCUT2D eigenvalue weighted by Crippen LogP contribution is 2.40. The zero-order valence-electron chi connectivity index (χ0n) is 30.8. The Labute approximate surface area is 334 Å². The molecule has 1 saturated carbocycles. The lowest BCUT2D eigenvalue weighted by Gasteiger charge is -2.34. The van der Waals surface area contributed by atoms with Crippen molar-refractivity contribution in [3.63, 3.8) is 0 Å². The van der Waals surface area contributed by atoms with Crippen LogP contribution >= 0.6 is 27.5 Å². The number of rotatable bonds is 14. The third-order valence-corrected chi connectivity index (χ3v) is 12.2. The normalized spacial score (nSPS) is 19.1. The lowest BCUT2D eigenvalue weighted by molar-refractivity contribution is 0.103. The van der Waals surface area contributed by atoms with Crippen LogP contribution in [0.2, 0.25) is 5.02 Å². The number of hydrogen-bond acceptors (Lipinski definition) is 10. The number of ether oxygens (including phenoxy) is 2. The van der Waals surface area contributed by atoms with E-state index in [1.807, 2.05) is 18.3 Å². The maximum absolute atomic E-state index is 10.0. The van der Waals surface area contributed by atoms with Gasteiger partial charge in [0.15, 0.2) is 0 Å². The van der Waals surface area contributed by atoms with Crippen LogP contribution in [-0.4, -0.2) is 79.0 Å². The highest BCUT2D eigenvalue weighted by Gasteiger charge is 2.32. The molecule has 1 atom stereocenters. The SMILES string of the molecule is CC(CO)(CO)NCc1cc(Cl)c(OCc2cccc(-c3cccc4c3cnn4C3CCC(N4CC[C@@H](O)C4)CC3)c2Br)cc1OCc1cncc(C#N)c1. The van der Waals surface area contributed by atoms with E-state index in [0.29, 0.717) is 39.7 Å². The molecule has 2 aliphatic rings. The minimum absolute atomic E-state index is 0.147. The summed E-state index contributed by atoms with van der Waals surface area (Å²) in [7, 11) is 0. The molecular weight excluding hydrogens is 784 g/mol. The van der Waals surface area contributed by atoms with Crippen molar-refractivity contribution in [2.24, 2.45) is 0 Å². The molecule has 1 aliphatic heterocycles. The predicted octanol–water partition coefficient (Wildman–Crippen LogP) is 6.93. The molecule has 0 bridgehead atoms. The Bertz CT molecular complexity index is 2160. The molecule has 288 valence electrons. The Morgan fingerprint density at radius 3 is 2.42 bits per heavy atom. The first-order chi connectivity index (χ1) is 26.7. The largest absolute Gasteiger partial charge is 0.488 e. The van der Waals surface area contributed by atoms with E-state index >= 15 is 0 Å². The van der Waals surface area contributed by atoms with Gasteiger partial charge in [0.25, 0.3) is 0 Å². The van der Waals surface area contributed by atoms with Gasteiger partial charge in [-0.15, -0.1) is 0 Å². The zero-order chi connectivity index (χ0) is 38.5. The summed E-state index contributed by atoms with van der Waals surface area (Å²) < 4.78 is 15.7. The molecule has 0 radical (unpaired) electrons. The number of β-amino-alcohol motifs (C(OH)–C–C–N with tert-alkyl or cyclic N) is 1. The van der Waals surface area contributed by atoms with E-state index < -0.39 is 5.54 Å². The standard InChI is InChI=1S/C42H46BrClN6O5/c1-42(25-51,26-52)47-20-30-15-37(44)40(16-39(30)54-23-28-14-27(17-45)18-46-19-28)55-24-29-4-2-6-35(41(29)43)34-5-3-7-38-36(34)21-48-50(38)32-10-8-31(9-11-32)49-13-12-33(53)22-49/h2-7,14-16,18-19,21,31-33,47,51-53H,8-13,20,22-26H2,1H3/t31?,32?,33-/m1/s1. The lowest BCUT2D eigenvalue weighted by Crippen LogP contribution is -2.48. The van der Waals surface area contributed by atoms with Gasteiger partial charge >= 0.3 is 0 Å². The summed E-state index contributed by atoms with van der Waals surface area (Å²) in [4.78, 5) is 6.60. The Kier molecular flexibility index (Phi) is 12.4. The average Bonchev–Trinajstić information content (AvgIpc) is 3.86. The minimum atomic E-state index is -0.914. The van der Waals surface area contributed by atoms with Gasteiger partial charge in [0.2, 0.25) is 0 Å². The van der Waals surface area contributed by atoms with Gasteiger partial charge in [-0.25, -0.2) is 0 Å². The van der Waals surface area contributed by atoms with Gasteiger partial charge in [0.05, 0.1) is 53.2 Å². The van der Waals surface area contributed by atoms with Gasteiger partial charge in [0, 0.05) is 70.7 Å². The fourth-order valence-electron chi connectivity index (χ4n) is 7.64. The van der Waals surface area contributed by atoms with Crippen molar-refractivity contribution in [2.45, 2.75) is 82.5 Å². The number of aliphatic hydroxyl groups is 3. The summed E-state index contributed by atoms with van der Waals surface area (Å²) in [6, 6.07) is 20.7. The van der Waals surface area contributed by atoms with Crippen LogP contribution in [0, 0.1) is 11.3 Å². The summed E-state index contributed by atoms with van der Waals surface area (Å²) in [6.07, 6.45) is 10.2. The monoisotopic (exact) mass is 828 g/mol. The quantitative estimate of drug-likeness (QED) is 0.0929. The van der Waals surface area contributed by atoms with Gasteiger partial charge in [0.1, 0.15) is 30.8 Å². The van der Waals surface area contributed by atoms with E-state index in [9.17, 15) is 20.6 Å². The van der Waals surface area contributed by atoms with Crippen LogP contribution in [0.1, 0.15) is 67.3 Å². The van der Waals surface area contributed by atoms with Crippen LogP contribution in [0.3, 0.4) is 0 Å². The van der Waals surface area contributed by atoms with Gasteiger partial charge in [-0.05, 0) is 84.3 Å². The molecule has 3 heterocycles. The number of aliphatic hydroxyl groups excluding tert-OH is 3. The second-order valence-corrected chi connectivity index (χ2v) is 16.1. The summed E-state index contributed by atoms with van der Waals surface area (Å²) in [5, 5.41) is 48.6. The molecule has 55 heavy (non-hydrogen) atoms. The number of nitriles is 1. The van der Waals surface area contributed by atoms with Gasteiger partial charge in [-0.1, -0.05) is 41.9 Å². The molecule has 3 aromatic carbocycles. The summed E-state index contributed by atoms with van der Waals surface area (Å²) >= 11 is 10.7. The maximum Gasteiger partial charge on any atom is 0.142 e. The zero-order valence-corrected chi connectivity index (χ0v) is 33.1. The number of nitrogens with zero attached hydrogens (tertiary/aromatic N) is 5. The maximum atomic E-state index is 10.0. The number of halogens is 2. The van der Waals surface area contributed by atoms with Crippen molar-refractivity contribution in [3.8, 4) is 28.7 Å². The van der Waals surface area contributed by atoms with Gasteiger partial charge in [-0.2, -0.15) is 10.4 Å². The molecule has 7 rings (SSSR count). The number of hydrogen-bond donors (Lipinski definition) is 4. The lowest BCUT2D eigenvalue weighted by atomic mass is 9.90. The third-order valence-electron chi connectivity index (χ3n) is 11.0. The number of aromatic nitrogens is 3. The number of likely N-dealkylation sites (tertiary alicyclic amines) is 1. The Morgan fingerprint density at radius 1 is 0.927 bits per heavy atom. The van der Waals surface area contributed by atoms with Crippen molar-refractivity contribution in [1.29, 1.82) is 5.26 Å². The smallest absolute Gasteiger partial charge is 0.142 e. The van der Waals surface area contributed by atoms with Crippen molar-refractivity contribution in [3.05, 3.63) is 105 Å². The Hall–Kier alpha value is -4.06. The summed E-state index contributed by atoms with van der Waals surface area (Å²) in [5.41, 5.74) is 5.10. The van der Waals surface area contributed by atoms with E-state index in [1.54, 1.807) is 31.3 Å². The van der Waals surface area contributed by atoms with E-state index in [2.05, 4.69) is 66.1 Å². The van der Waals surface area contributed by atoms with Crippen molar-refractivity contribution in [1.82, 2.24) is 25.0 Å². The molecule has 4 N–H and O–H groups in total. The first-order valence-corrected chi connectivity index (χ1v) is 19.9. The number of fused-ring (bicyclic) bond motifs is 1. The van der Waals surface area contributed by atoms with Crippen LogP contribution in [0.25, 0.3) is 22.0 Å². The predicted molar refractivity (Wildman–Crippen MR) is 215 cm³/mol. The highest BCUT2D eigenvalue weighted by atomic mass is 79.9. The molecule has 13 heteroatoms. The number of nitrogens with one attached hydrogen (secondary N) is 1. The molecular formula is C42H46BrClN6O5. The highest BCUT2D eigenvalue weighted by molar-refractivity contribution is 9.10. The third kappa shape index (κ3) is 8.84. The first-order valence-electron chi connectivity index (χ1n) is 18.7. The number of benzene rings is 3. The topological polar surface area (TPSA) is 149 Å². The average molecular weight is 830 g/mol. The van der Waals surface area contributed by atoms with Crippen LogP contribution in [-0.2, 0) is 19.8 Å². The first kappa shape index (κ1) is 39.2. The van der Waals surface area contributed by atoms with Crippen LogP contribution in [0.5, 0.6) is 11.5 Å². The molecule has 0 unspecified atom stereocenters.